The van der Waals surface area contributed by atoms with Crippen LogP contribution in [0.1, 0.15) is 54.4 Å². The normalized spacial score (nSPS) is 23.8. The Labute approximate surface area is 282 Å². The standard InChI is InChI=1S/C39H46N6O3/c46-36(25-32-27-42-20-14-30(32)15-21-42)31-9-6-8-29(24-31)26-43-28-45(33-10-2-1-3-11-33)39(37(43)47)16-22-41(23-17-39)18-7-19-44-35-13-5-4-12-34(35)40-38(44)48/h1-6,8-13,24,30,32H,7,14-23,25-28H2,(H,40,48). The number of hydrogen-bond acceptors (Lipinski definition) is 6. The Balaban J connectivity index is 0.933. The first-order valence-electron chi connectivity index (χ1n) is 17.8. The molecule has 9 heteroatoms. The molecule has 1 unspecified atom stereocenters. The molecule has 5 aliphatic heterocycles. The number of likely N-dealkylation sites (tertiary alicyclic amines) is 1. The van der Waals surface area contributed by atoms with E-state index in [0.717, 1.165) is 73.3 Å². The Kier molecular flexibility index (Phi) is 8.42. The molecule has 5 saturated heterocycles. The van der Waals surface area contributed by atoms with Crippen LogP contribution in [-0.4, -0.2) is 87.4 Å². The molecule has 0 radical (unpaired) electrons. The zero-order chi connectivity index (χ0) is 32.7. The summed E-state index contributed by atoms with van der Waals surface area (Å²) in [5, 5.41) is 0. The number of benzene rings is 3. The molecule has 0 saturated carbocycles. The van der Waals surface area contributed by atoms with Crippen LogP contribution in [0.4, 0.5) is 5.69 Å². The minimum atomic E-state index is -0.589. The third-order valence-corrected chi connectivity index (χ3v) is 11.7. The van der Waals surface area contributed by atoms with E-state index in [0.29, 0.717) is 38.0 Å². The number of aromatic amines is 1. The number of carbonyl (C=O) groups is 2. The highest BCUT2D eigenvalue weighted by Gasteiger charge is 2.53. The number of carbonyl (C=O) groups excluding carboxylic acids is 2. The van der Waals surface area contributed by atoms with Gasteiger partial charge in [-0.3, -0.25) is 14.2 Å². The monoisotopic (exact) mass is 646 g/mol. The van der Waals surface area contributed by atoms with Crippen molar-refractivity contribution < 1.29 is 9.59 Å². The minimum Gasteiger partial charge on any atom is -0.339 e. The first-order valence-corrected chi connectivity index (χ1v) is 17.8. The van der Waals surface area contributed by atoms with E-state index in [1.165, 1.54) is 25.9 Å². The van der Waals surface area contributed by atoms with Gasteiger partial charge < -0.3 is 24.6 Å². The Morgan fingerprint density at radius 2 is 1.62 bits per heavy atom. The second-order valence-corrected chi connectivity index (χ2v) is 14.5. The topological polar surface area (TPSA) is 84.9 Å². The fourth-order valence-corrected chi connectivity index (χ4v) is 8.99. The third kappa shape index (κ3) is 5.87. The molecule has 1 N–H and O–H groups in total. The molecule has 1 atom stereocenters. The number of amides is 1. The van der Waals surface area contributed by atoms with E-state index in [1.807, 2.05) is 70.1 Å². The van der Waals surface area contributed by atoms with Gasteiger partial charge in [-0.1, -0.05) is 48.5 Å². The summed E-state index contributed by atoms with van der Waals surface area (Å²) in [7, 11) is 0. The summed E-state index contributed by atoms with van der Waals surface area (Å²) in [5.74, 6) is 1.55. The van der Waals surface area contributed by atoms with Crippen molar-refractivity contribution in [3.05, 3.63) is 100 Å². The fraction of sp³-hybridized carbons (Fsp3) is 0.462. The van der Waals surface area contributed by atoms with Gasteiger partial charge in [0.2, 0.25) is 5.91 Å². The van der Waals surface area contributed by atoms with Gasteiger partial charge in [0, 0.05) is 50.4 Å². The van der Waals surface area contributed by atoms with E-state index in [9.17, 15) is 14.4 Å². The summed E-state index contributed by atoms with van der Waals surface area (Å²) < 4.78 is 1.83. The maximum atomic E-state index is 14.4. The van der Waals surface area contributed by atoms with Crippen molar-refractivity contribution in [2.24, 2.45) is 11.8 Å². The van der Waals surface area contributed by atoms with Gasteiger partial charge in [0.25, 0.3) is 0 Å². The fourth-order valence-electron chi connectivity index (χ4n) is 8.99. The highest BCUT2D eigenvalue weighted by atomic mass is 16.2. The Morgan fingerprint density at radius 3 is 2.40 bits per heavy atom. The quantitative estimate of drug-likeness (QED) is 0.245. The molecule has 1 spiro atoms. The van der Waals surface area contributed by atoms with Crippen molar-refractivity contribution in [3.8, 4) is 0 Å². The number of aryl methyl sites for hydroxylation is 1. The largest absolute Gasteiger partial charge is 0.339 e. The van der Waals surface area contributed by atoms with Crippen molar-refractivity contribution in [1.82, 2.24) is 24.3 Å². The molecule has 9 rings (SSSR count). The molecule has 6 heterocycles. The maximum Gasteiger partial charge on any atom is 0.326 e. The molecule has 4 aromatic rings. The van der Waals surface area contributed by atoms with Gasteiger partial charge in [0.05, 0.1) is 17.7 Å². The summed E-state index contributed by atoms with van der Waals surface area (Å²) in [4.78, 5) is 52.6. The van der Waals surface area contributed by atoms with E-state index >= 15 is 0 Å². The second kappa shape index (κ2) is 13.0. The summed E-state index contributed by atoms with van der Waals surface area (Å²) in [6.07, 6.45) is 5.43. The average molecular weight is 647 g/mol. The summed E-state index contributed by atoms with van der Waals surface area (Å²) >= 11 is 0. The molecule has 1 amide bonds. The predicted octanol–water partition coefficient (Wildman–Crippen LogP) is 4.98. The third-order valence-electron chi connectivity index (χ3n) is 11.7. The molecule has 5 aliphatic rings. The number of nitrogens with zero attached hydrogens (tertiary/aromatic N) is 5. The lowest BCUT2D eigenvalue weighted by molar-refractivity contribution is -0.134. The number of imidazole rings is 1. The van der Waals surface area contributed by atoms with Crippen LogP contribution in [-0.2, 0) is 17.9 Å². The lowest BCUT2D eigenvalue weighted by Gasteiger charge is -2.44. The number of rotatable bonds is 10. The molecular weight excluding hydrogens is 600 g/mol. The van der Waals surface area contributed by atoms with Gasteiger partial charge in [-0.2, -0.15) is 0 Å². The number of anilines is 1. The molecule has 1 aromatic heterocycles. The van der Waals surface area contributed by atoms with Crippen molar-refractivity contribution in [2.75, 3.05) is 50.8 Å². The van der Waals surface area contributed by atoms with Crippen molar-refractivity contribution >= 4 is 28.4 Å². The summed E-state index contributed by atoms with van der Waals surface area (Å²) in [5.41, 5.74) is 4.02. The van der Waals surface area contributed by atoms with E-state index < -0.39 is 5.54 Å². The van der Waals surface area contributed by atoms with Gasteiger partial charge in [-0.25, -0.2) is 4.79 Å². The highest BCUT2D eigenvalue weighted by molar-refractivity contribution is 5.96. The number of para-hydroxylation sites is 3. The van der Waals surface area contributed by atoms with Crippen LogP contribution in [0.5, 0.6) is 0 Å². The van der Waals surface area contributed by atoms with Gasteiger partial charge >= 0.3 is 5.69 Å². The van der Waals surface area contributed by atoms with Crippen LogP contribution in [0.2, 0.25) is 0 Å². The molecule has 48 heavy (non-hydrogen) atoms. The number of nitrogens with one attached hydrogen (secondary N) is 1. The average Bonchev–Trinajstić information content (AvgIpc) is 3.58. The van der Waals surface area contributed by atoms with E-state index in [4.69, 9.17) is 0 Å². The van der Waals surface area contributed by atoms with E-state index in [1.54, 1.807) is 0 Å². The number of hydrogen-bond donors (Lipinski definition) is 1. The zero-order valence-electron chi connectivity index (χ0n) is 27.7. The molecule has 9 nitrogen and oxygen atoms in total. The lowest BCUT2D eigenvalue weighted by Crippen LogP contribution is -2.56. The van der Waals surface area contributed by atoms with Crippen LogP contribution >= 0.6 is 0 Å². The van der Waals surface area contributed by atoms with Gasteiger partial charge in [0.1, 0.15) is 5.54 Å². The van der Waals surface area contributed by atoms with Crippen molar-refractivity contribution in [3.63, 3.8) is 0 Å². The first kappa shape index (κ1) is 31.1. The number of ketones is 1. The van der Waals surface area contributed by atoms with E-state index in [-0.39, 0.29) is 17.4 Å². The molecule has 5 fully saturated rings. The number of fused-ring (bicyclic) bond motifs is 4. The van der Waals surface area contributed by atoms with E-state index in [2.05, 4.69) is 37.9 Å². The number of piperidine rings is 4. The predicted molar refractivity (Wildman–Crippen MR) is 188 cm³/mol. The van der Waals surface area contributed by atoms with Crippen LogP contribution in [0, 0.1) is 11.8 Å². The smallest absolute Gasteiger partial charge is 0.326 e. The lowest BCUT2D eigenvalue weighted by atomic mass is 9.76. The second-order valence-electron chi connectivity index (χ2n) is 14.5. The minimum absolute atomic E-state index is 0.0620. The Hall–Kier alpha value is -4.21. The molecule has 3 aromatic carbocycles. The van der Waals surface area contributed by atoms with Gasteiger partial charge in [0.15, 0.2) is 5.78 Å². The molecule has 250 valence electrons. The Morgan fingerprint density at radius 1 is 0.854 bits per heavy atom. The summed E-state index contributed by atoms with van der Waals surface area (Å²) in [6, 6.07) is 26.2. The Bertz CT molecular complexity index is 1830. The number of Topliss-reactive ketones (excluding diaryl/α,β-unsaturated/α-hetero) is 1. The van der Waals surface area contributed by atoms with Crippen LogP contribution < -0.4 is 10.6 Å². The molecule has 0 aliphatic carbocycles. The van der Waals surface area contributed by atoms with Crippen LogP contribution in [0.15, 0.2) is 83.7 Å². The van der Waals surface area contributed by atoms with Crippen LogP contribution in [0.3, 0.4) is 0 Å². The maximum absolute atomic E-state index is 14.4. The highest BCUT2D eigenvalue weighted by Crippen LogP contribution is 2.40. The zero-order valence-corrected chi connectivity index (χ0v) is 27.7. The first-order chi connectivity index (χ1) is 23.5. The summed E-state index contributed by atoms with van der Waals surface area (Å²) in [6.45, 7) is 7.64. The van der Waals surface area contributed by atoms with Gasteiger partial charge in [-0.15, -0.1) is 0 Å². The van der Waals surface area contributed by atoms with Gasteiger partial charge in [-0.05, 0) is 99.5 Å². The van der Waals surface area contributed by atoms with Crippen molar-refractivity contribution in [2.45, 2.75) is 57.2 Å². The van der Waals surface area contributed by atoms with Crippen molar-refractivity contribution in [1.29, 1.82) is 0 Å². The SMILES string of the molecule is O=C(CC1CN2CCC1CC2)c1cccc(CN2CN(c3ccccc3)C3(CCN(CCCn4c(=O)[nH]c5ccccc54)CC3)C2=O)c1. The van der Waals surface area contributed by atoms with Crippen LogP contribution in [0.25, 0.3) is 11.0 Å². The molecule has 2 bridgehead atoms. The number of H-pyrrole nitrogens is 1. The molecular formula is C39H46N6O3. The number of aromatic nitrogens is 2.